The third-order valence-corrected chi connectivity index (χ3v) is 9.75. The van der Waals surface area contributed by atoms with Gasteiger partial charge in [-0.1, -0.05) is 47.5 Å². The van der Waals surface area contributed by atoms with Crippen LogP contribution >= 0.6 is 11.8 Å². The minimum absolute atomic E-state index is 0.000517. The maximum absolute atomic E-state index is 13.9. The van der Waals surface area contributed by atoms with Crippen molar-refractivity contribution in [2.75, 3.05) is 19.7 Å². The Morgan fingerprint density at radius 2 is 1.84 bits per heavy atom. The highest BCUT2D eigenvalue weighted by Gasteiger charge is 2.76. The zero-order valence-electron chi connectivity index (χ0n) is 20.2. The van der Waals surface area contributed by atoms with Gasteiger partial charge in [-0.15, -0.1) is 11.8 Å². The van der Waals surface area contributed by atoms with Gasteiger partial charge in [0.25, 0.3) is 0 Å². The number of amides is 3. The molecule has 3 aliphatic rings. The maximum Gasteiger partial charge on any atom is 0.244 e. The van der Waals surface area contributed by atoms with E-state index in [0.717, 1.165) is 32.1 Å². The van der Waals surface area contributed by atoms with Crippen molar-refractivity contribution in [3.8, 4) is 0 Å². The van der Waals surface area contributed by atoms with Gasteiger partial charge >= 0.3 is 0 Å². The van der Waals surface area contributed by atoms with E-state index in [-0.39, 0.29) is 41.4 Å². The lowest BCUT2D eigenvalue weighted by atomic mass is 9.66. The summed E-state index contributed by atoms with van der Waals surface area (Å²) in [4.78, 5) is 42.4. The topological polar surface area (TPSA) is 98.7 Å². The van der Waals surface area contributed by atoms with Crippen LogP contribution in [0.15, 0.2) is 0 Å². The van der Waals surface area contributed by atoms with E-state index in [1.54, 1.807) is 16.7 Å². The quantitative estimate of drug-likeness (QED) is 0.405. The Kier molecular flexibility index (Phi) is 8.18. The molecule has 3 N–H and O–H groups in total. The fourth-order valence-corrected chi connectivity index (χ4v) is 8.49. The van der Waals surface area contributed by atoms with Crippen molar-refractivity contribution in [1.82, 2.24) is 15.5 Å². The molecule has 3 heterocycles. The standard InChI is InChI=1S/C24H41N3O4S/c1-6-8-9-11-26-22(30)20-24-15(5)12-17(32-24)18(21(29)25-10-7-2)19(24)23(31)27(20)16(13-28)14(3)4/h14-20,28H,6-13H2,1-5H3,(H,25,29)(H,26,30)/t15?,16-,17+,18-,19-,20?,24?/m0/s1. The molecule has 3 rings (SSSR count). The van der Waals surface area contributed by atoms with Gasteiger partial charge in [0.2, 0.25) is 17.7 Å². The zero-order chi connectivity index (χ0) is 23.6. The van der Waals surface area contributed by atoms with Crippen molar-refractivity contribution in [2.24, 2.45) is 23.7 Å². The molecule has 2 bridgehead atoms. The molecule has 7 nitrogen and oxygen atoms in total. The lowest BCUT2D eigenvalue weighted by molar-refractivity contribution is -0.143. The van der Waals surface area contributed by atoms with E-state index < -0.39 is 28.7 Å². The average Bonchev–Trinajstić information content (AvgIpc) is 3.34. The first kappa shape index (κ1) is 25.3. The largest absolute Gasteiger partial charge is 0.394 e. The van der Waals surface area contributed by atoms with Crippen LogP contribution in [0.3, 0.4) is 0 Å². The summed E-state index contributed by atoms with van der Waals surface area (Å²) < 4.78 is -0.618. The molecule has 3 amide bonds. The number of unbranched alkanes of at least 4 members (excludes halogenated alkanes) is 2. The second-order valence-electron chi connectivity index (χ2n) is 10.1. The van der Waals surface area contributed by atoms with E-state index in [2.05, 4.69) is 24.5 Å². The van der Waals surface area contributed by atoms with Crippen molar-refractivity contribution < 1.29 is 19.5 Å². The molecule has 8 heteroatoms. The number of carbonyl (C=O) groups is 3. The third kappa shape index (κ3) is 4.06. The number of thioether (sulfide) groups is 1. The fraction of sp³-hybridized carbons (Fsp3) is 0.875. The number of aliphatic hydroxyl groups excluding tert-OH is 1. The SMILES string of the molecule is CCCCCNC(=O)C1N([C@@H](CO)C(C)C)C(=O)[C@@H]2[C@@H](C(=O)NCCC)[C@H]3CC(C)C12S3. The summed E-state index contributed by atoms with van der Waals surface area (Å²) in [6.45, 7) is 11.2. The number of fused-ring (bicyclic) bond motifs is 1. The van der Waals surface area contributed by atoms with Crippen molar-refractivity contribution in [2.45, 2.75) is 88.8 Å². The van der Waals surface area contributed by atoms with Gasteiger partial charge in [0.1, 0.15) is 6.04 Å². The first-order valence-electron chi connectivity index (χ1n) is 12.4. The predicted octanol–water partition coefficient (Wildman–Crippen LogP) is 2.17. The van der Waals surface area contributed by atoms with Gasteiger partial charge in [-0.2, -0.15) is 0 Å². The van der Waals surface area contributed by atoms with E-state index in [4.69, 9.17) is 0 Å². The molecule has 3 aliphatic heterocycles. The third-order valence-electron chi connectivity index (χ3n) is 7.68. The van der Waals surface area contributed by atoms with E-state index in [0.29, 0.717) is 13.1 Å². The molecule has 3 unspecified atom stereocenters. The molecule has 0 aromatic carbocycles. The molecule has 1 spiro atoms. The fourth-order valence-electron chi connectivity index (χ4n) is 6.09. The van der Waals surface area contributed by atoms with Crippen LogP contribution in [-0.4, -0.2) is 69.5 Å². The Morgan fingerprint density at radius 1 is 1.16 bits per heavy atom. The van der Waals surface area contributed by atoms with Gasteiger partial charge in [0.15, 0.2) is 0 Å². The smallest absolute Gasteiger partial charge is 0.244 e. The Labute approximate surface area is 196 Å². The summed E-state index contributed by atoms with van der Waals surface area (Å²) >= 11 is 1.69. The van der Waals surface area contributed by atoms with Crippen molar-refractivity contribution in [3.63, 3.8) is 0 Å². The number of rotatable bonds is 11. The van der Waals surface area contributed by atoms with E-state index >= 15 is 0 Å². The van der Waals surface area contributed by atoms with Gasteiger partial charge in [0.05, 0.1) is 29.2 Å². The molecule has 0 saturated carbocycles. The molecule has 0 radical (unpaired) electrons. The molecule has 182 valence electrons. The van der Waals surface area contributed by atoms with Gasteiger partial charge in [0, 0.05) is 18.3 Å². The summed E-state index contributed by atoms with van der Waals surface area (Å²) in [7, 11) is 0. The number of aliphatic hydroxyl groups is 1. The minimum Gasteiger partial charge on any atom is -0.394 e. The number of hydrogen-bond acceptors (Lipinski definition) is 5. The Bertz CT molecular complexity index is 717. The van der Waals surface area contributed by atoms with Crippen LogP contribution in [-0.2, 0) is 14.4 Å². The number of carbonyl (C=O) groups excluding carboxylic acids is 3. The Hall–Kier alpha value is -1.28. The summed E-state index contributed by atoms with van der Waals surface area (Å²) in [5.41, 5.74) is 0. The van der Waals surface area contributed by atoms with Crippen LogP contribution < -0.4 is 10.6 Å². The predicted molar refractivity (Wildman–Crippen MR) is 127 cm³/mol. The van der Waals surface area contributed by atoms with Crippen LogP contribution in [0.1, 0.15) is 66.7 Å². The van der Waals surface area contributed by atoms with Crippen LogP contribution in [0.2, 0.25) is 0 Å². The summed E-state index contributed by atoms with van der Waals surface area (Å²) in [5.74, 6) is -1.12. The second-order valence-corrected chi connectivity index (χ2v) is 11.6. The molecular formula is C24H41N3O4S. The van der Waals surface area contributed by atoms with E-state index in [9.17, 15) is 19.5 Å². The lowest BCUT2D eigenvalue weighted by Gasteiger charge is -2.40. The van der Waals surface area contributed by atoms with Gasteiger partial charge in [-0.25, -0.2) is 0 Å². The van der Waals surface area contributed by atoms with Gasteiger partial charge in [-0.05, 0) is 31.1 Å². The Balaban J connectivity index is 1.99. The van der Waals surface area contributed by atoms with Crippen LogP contribution in [0.4, 0.5) is 0 Å². The van der Waals surface area contributed by atoms with Crippen LogP contribution in [0.25, 0.3) is 0 Å². The molecule has 0 aliphatic carbocycles. The van der Waals surface area contributed by atoms with Gasteiger partial charge in [-0.3, -0.25) is 14.4 Å². The first-order chi connectivity index (χ1) is 15.3. The lowest BCUT2D eigenvalue weighted by Crippen LogP contribution is -2.59. The number of nitrogens with zero attached hydrogens (tertiary/aromatic N) is 1. The maximum atomic E-state index is 13.9. The Morgan fingerprint density at radius 3 is 2.44 bits per heavy atom. The number of hydrogen-bond donors (Lipinski definition) is 3. The average molecular weight is 468 g/mol. The van der Waals surface area contributed by atoms with Crippen LogP contribution in [0.5, 0.6) is 0 Å². The highest BCUT2D eigenvalue weighted by Crippen LogP contribution is 2.68. The van der Waals surface area contributed by atoms with Crippen molar-refractivity contribution in [1.29, 1.82) is 0 Å². The highest BCUT2D eigenvalue weighted by molar-refractivity contribution is 8.02. The zero-order valence-corrected chi connectivity index (χ0v) is 21.0. The second kappa shape index (κ2) is 10.3. The van der Waals surface area contributed by atoms with E-state index in [1.807, 2.05) is 20.8 Å². The monoisotopic (exact) mass is 467 g/mol. The summed E-state index contributed by atoms with van der Waals surface area (Å²) in [5, 5.41) is 16.3. The minimum atomic E-state index is -0.657. The summed E-state index contributed by atoms with van der Waals surface area (Å²) in [6.07, 6.45) is 4.68. The van der Waals surface area contributed by atoms with Gasteiger partial charge < -0.3 is 20.6 Å². The normalized spacial score (nSPS) is 34.2. The summed E-state index contributed by atoms with van der Waals surface area (Å²) in [6, 6.07) is -1.10. The van der Waals surface area contributed by atoms with Crippen molar-refractivity contribution >= 4 is 29.5 Å². The molecule has 3 saturated heterocycles. The van der Waals surface area contributed by atoms with E-state index in [1.165, 1.54) is 0 Å². The number of likely N-dealkylation sites (tertiary alicyclic amines) is 1. The van der Waals surface area contributed by atoms with Crippen molar-refractivity contribution in [3.05, 3.63) is 0 Å². The first-order valence-corrected chi connectivity index (χ1v) is 13.3. The molecular weight excluding hydrogens is 426 g/mol. The van der Waals surface area contributed by atoms with Crippen LogP contribution in [0, 0.1) is 23.7 Å². The molecule has 32 heavy (non-hydrogen) atoms. The number of nitrogens with one attached hydrogen (secondary N) is 2. The molecule has 3 fully saturated rings. The molecule has 7 atom stereocenters. The molecule has 0 aromatic heterocycles. The highest BCUT2D eigenvalue weighted by atomic mass is 32.2. The molecule has 0 aromatic rings.